The minimum atomic E-state index is -1.51. The lowest BCUT2D eigenvalue weighted by molar-refractivity contribution is -0.177. The number of cyclic esters (lactones) is 1. The third-order valence-corrected chi connectivity index (χ3v) is 2.84. The first-order valence-electron chi connectivity index (χ1n) is 6.97. The number of rotatable bonds is 6. The second-order valence-electron chi connectivity index (χ2n) is 4.96. The van der Waals surface area contributed by atoms with Crippen LogP contribution in [0.3, 0.4) is 0 Å². The van der Waals surface area contributed by atoms with Crippen molar-refractivity contribution in [3.8, 4) is 0 Å². The molecule has 1 rings (SSSR count). The Labute approximate surface area is 137 Å². The Bertz CT molecular complexity index is 540. The molecule has 0 spiro atoms. The van der Waals surface area contributed by atoms with Crippen molar-refractivity contribution in [2.75, 3.05) is 6.61 Å². The predicted molar refractivity (Wildman–Crippen MR) is 73.2 cm³/mol. The molecule has 0 aliphatic carbocycles. The highest BCUT2D eigenvalue weighted by molar-refractivity contribution is 5.82. The summed E-state index contributed by atoms with van der Waals surface area (Å²) in [6.07, 6.45) is -5.39. The minimum absolute atomic E-state index is 0.433. The van der Waals surface area contributed by atoms with Gasteiger partial charge in [-0.15, -0.1) is 0 Å². The molecule has 0 bridgehead atoms. The van der Waals surface area contributed by atoms with Crippen molar-refractivity contribution in [1.82, 2.24) is 0 Å². The zero-order valence-corrected chi connectivity index (χ0v) is 13.6. The topological polar surface area (TPSA) is 132 Å². The third-order valence-electron chi connectivity index (χ3n) is 2.84. The van der Waals surface area contributed by atoms with Gasteiger partial charge in [-0.1, -0.05) is 0 Å². The van der Waals surface area contributed by atoms with Crippen molar-refractivity contribution < 1.29 is 47.7 Å². The molecule has 1 aliphatic rings. The van der Waals surface area contributed by atoms with Crippen LogP contribution in [0.25, 0.3) is 0 Å². The second-order valence-corrected chi connectivity index (χ2v) is 4.96. The maximum Gasteiger partial charge on any atom is 0.352 e. The van der Waals surface area contributed by atoms with Crippen molar-refractivity contribution >= 4 is 29.8 Å². The zero-order chi connectivity index (χ0) is 18.4. The first-order chi connectivity index (χ1) is 11.1. The van der Waals surface area contributed by atoms with Crippen LogP contribution in [0.2, 0.25) is 0 Å². The van der Waals surface area contributed by atoms with Crippen LogP contribution in [0.1, 0.15) is 27.7 Å². The van der Waals surface area contributed by atoms with Crippen LogP contribution in [0, 0.1) is 0 Å². The average Bonchev–Trinajstić information content (AvgIpc) is 2.70. The van der Waals surface area contributed by atoms with Gasteiger partial charge in [0.1, 0.15) is 6.61 Å². The lowest BCUT2D eigenvalue weighted by Gasteiger charge is -2.26. The smallest absolute Gasteiger partial charge is 0.352 e. The van der Waals surface area contributed by atoms with E-state index in [9.17, 15) is 24.0 Å². The number of carbonyl (C=O) groups is 5. The SMILES string of the molecule is CC(=O)OCC(OC(C)=O)C1OC(=O)C(OC(C)=O)C1OC(C)=O. The molecule has 10 heteroatoms. The number of ether oxygens (including phenoxy) is 5. The predicted octanol–water partition coefficient (Wildman–Crippen LogP) is -0.730. The molecule has 1 heterocycles. The molecule has 1 fully saturated rings. The van der Waals surface area contributed by atoms with Crippen molar-refractivity contribution in [2.24, 2.45) is 0 Å². The largest absolute Gasteiger partial charge is 0.462 e. The van der Waals surface area contributed by atoms with Crippen LogP contribution in [0.5, 0.6) is 0 Å². The summed E-state index contributed by atoms with van der Waals surface area (Å²) in [5, 5.41) is 0. The summed E-state index contributed by atoms with van der Waals surface area (Å²) in [6, 6.07) is 0. The Hall–Kier alpha value is -2.65. The molecule has 10 nitrogen and oxygen atoms in total. The standard InChI is InChI=1S/C14H18O10/c1-6(15)20-5-10(21-7(2)16)11-12(22-8(3)17)13(14(19)24-11)23-9(4)18/h10-13H,5H2,1-4H3. The highest BCUT2D eigenvalue weighted by Crippen LogP contribution is 2.27. The van der Waals surface area contributed by atoms with Crippen LogP contribution in [0.15, 0.2) is 0 Å². The molecule has 134 valence electrons. The van der Waals surface area contributed by atoms with Gasteiger partial charge in [0.05, 0.1) is 0 Å². The van der Waals surface area contributed by atoms with Gasteiger partial charge in [-0.25, -0.2) is 4.79 Å². The van der Waals surface area contributed by atoms with E-state index in [0.717, 1.165) is 27.7 Å². The molecular formula is C14H18O10. The van der Waals surface area contributed by atoms with Crippen LogP contribution in [0.4, 0.5) is 0 Å². The van der Waals surface area contributed by atoms with E-state index in [1.54, 1.807) is 0 Å². The molecule has 24 heavy (non-hydrogen) atoms. The Morgan fingerprint density at radius 2 is 1.54 bits per heavy atom. The third kappa shape index (κ3) is 5.52. The average molecular weight is 346 g/mol. The maximum atomic E-state index is 11.9. The molecule has 4 atom stereocenters. The minimum Gasteiger partial charge on any atom is -0.462 e. The quantitative estimate of drug-likeness (QED) is 0.448. The Morgan fingerprint density at radius 1 is 0.958 bits per heavy atom. The van der Waals surface area contributed by atoms with E-state index in [1.165, 1.54) is 0 Å². The van der Waals surface area contributed by atoms with Crippen molar-refractivity contribution in [3.05, 3.63) is 0 Å². The summed E-state index contributed by atoms with van der Waals surface area (Å²) >= 11 is 0. The lowest BCUT2D eigenvalue weighted by Crippen LogP contribution is -2.46. The second kappa shape index (κ2) is 8.27. The summed E-state index contributed by atoms with van der Waals surface area (Å²) in [5.74, 6) is -3.92. The van der Waals surface area contributed by atoms with E-state index in [-0.39, 0.29) is 0 Å². The molecule has 0 amide bonds. The molecule has 1 aliphatic heterocycles. The van der Waals surface area contributed by atoms with Crippen molar-refractivity contribution in [1.29, 1.82) is 0 Å². The van der Waals surface area contributed by atoms with Gasteiger partial charge in [-0.3, -0.25) is 19.2 Å². The van der Waals surface area contributed by atoms with Gasteiger partial charge in [0, 0.05) is 27.7 Å². The van der Waals surface area contributed by atoms with E-state index in [0.29, 0.717) is 0 Å². The highest BCUT2D eigenvalue weighted by atomic mass is 16.7. The molecular weight excluding hydrogens is 328 g/mol. The van der Waals surface area contributed by atoms with Gasteiger partial charge in [-0.05, 0) is 0 Å². The maximum absolute atomic E-state index is 11.9. The Morgan fingerprint density at radius 3 is 2.00 bits per heavy atom. The molecule has 0 radical (unpaired) electrons. The van der Waals surface area contributed by atoms with E-state index >= 15 is 0 Å². The fraction of sp³-hybridized carbons (Fsp3) is 0.643. The van der Waals surface area contributed by atoms with E-state index < -0.39 is 60.9 Å². The van der Waals surface area contributed by atoms with Crippen molar-refractivity contribution in [2.45, 2.75) is 52.1 Å². The summed E-state index contributed by atoms with van der Waals surface area (Å²) in [4.78, 5) is 56.5. The van der Waals surface area contributed by atoms with Gasteiger partial charge >= 0.3 is 29.8 Å². The fourth-order valence-corrected chi connectivity index (χ4v) is 2.09. The fourth-order valence-electron chi connectivity index (χ4n) is 2.09. The molecule has 0 N–H and O–H groups in total. The zero-order valence-electron chi connectivity index (χ0n) is 13.6. The van der Waals surface area contributed by atoms with Gasteiger partial charge in [0.2, 0.25) is 6.10 Å². The summed E-state index contributed by atoms with van der Waals surface area (Å²) < 4.78 is 24.6. The molecule has 1 saturated heterocycles. The monoisotopic (exact) mass is 346 g/mol. The van der Waals surface area contributed by atoms with Gasteiger partial charge < -0.3 is 23.7 Å². The number of carbonyl (C=O) groups excluding carboxylic acids is 5. The van der Waals surface area contributed by atoms with Gasteiger partial charge in [0.25, 0.3) is 0 Å². The van der Waals surface area contributed by atoms with E-state index in [2.05, 4.69) is 0 Å². The lowest BCUT2D eigenvalue weighted by atomic mass is 10.1. The Kier molecular flexibility index (Phi) is 6.69. The van der Waals surface area contributed by atoms with Crippen LogP contribution in [-0.2, 0) is 47.7 Å². The summed E-state index contributed by atoms with van der Waals surface area (Å²) in [7, 11) is 0. The van der Waals surface area contributed by atoms with Crippen LogP contribution < -0.4 is 0 Å². The van der Waals surface area contributed by atoms with E-state index in [1.807, 2.05) is 0 Å². The Balaban J connectivity index is 3.05. The molecule has 0 saturated carbocycles. The van der Waals surface area contributed by atoms with Gasteiger partial charge in [-0.2, -0.15) is 0 Å². The molecule has 0 aromatic rings. The van der Waals surface area contributed by atoms with Crippen LogP contribution in [-0.4, -0.2) is 60.9 Å². The number of hydrogen-bond donors (Lipinski definition) is 0. The number of esters is 5. The molecule has 0 aromatic heterocycles. The first-order valence-corrected chi connectivity index (χ1v) is 6.97. The first kappa shape index (κ1) is 19.4. The summed E-state index contributed by atoms with van der Waals surface area (Å²) in [5.41, 5.74) is 0. The highest BCUT2D eigenvalue weighted by Gasteiger charge is 2.54. The van der Waals surface area contributed by atoms with Crippen molar-refractivity contribution in [3.63, 3.8) is 0 Å². The summed E-state index contributed by atoms with van der Waals surface area (Å²) in [6.45, 7) is 3.95. The van der Waals surface area contributed by atoms with E-state index in [4.69, 9.17) is 23.7 Å². The molecule has 4 unspecified atom stereocenters. The number of hydrogen-bond acceptors (Lipinski definition) is 10. The molecule has 0 aromatic carbocycles. The normalized spacial score (nSPS) is 23.7. The van der Waals surface area contributed by atoms with Crippen LogP contribution >= 0.6 is 0 Å². The van der Waals surface area contributed by atoms with Gasteiger partial charge in [0.15, 0.2) is 18.3 Å².